The quantitative estimate of drug-likeness (QED) is 0.581. The number of likely N-dealkylation sites (tertiary alicyclic amines) is 1. The number of carbonyl (C=O) groups is 1. The lowest BCUT2D eigenvalue weighted by Crippen LogP contribution is -2.41. The average molecular weight is 475 g/mol. The van der Waals surface area contributed by atoms with Crippen LogP contribution in [-0.2, 0) is 32.6 Å². The van der Waals surface area contributed by atoms with Gasteiger partial charge in [0.15, 0.2) is 0 Å². The predicted molar refractivity (Wildman–Crippen MR) is 123 cm³/mol. The highest BCUT2D eigenvalue weighted by Gasteiger charge is 2.30. The fraction of sp³-hybridized carbons (Fsp3) is 0.478. The van der Waals surface area contributed by atoms with Crippen molar-refractivity contribution in [2.45, 2.75) is 30.8 Å². The molecule has 0 radical (unpaired) electrons. The molecule has 0 atom stereocenters. The van der Waals surface area contributed by atoms with Crippen LogP contribution in [0.3, 0.4) is 0 Å². The fourth-order valence-corrected chi connectivity index (χ4v) is 5.73. The van der Waals surface area contributed by atoms with Crippen molar-refractivity contribution in [2.75, 3.05) is 51.8 Å². The van der Waals surface area contributed by atoms with Gasteiger partial charge in [0.25, 0.3) is 0 Å². The molecule has 1 aromatic heterocycles. The summed E-state index contributed by atoms with van der Waals surface area (Å²) in [6, 6.07) is 9.48. The summed E-state index contributed by atoms with van der Waals surface area (Å²) in [5, 5.41) is 3.21. The first-order valence-electron chi connectivity index (χ1n) is 11.2. The van der Waals surface area contributed by atoms with Gasteiger partial charge in [-0.15, -0.1) is 0 Å². The maximum absolute atomic E-state index is 13.4. The van der Waals surface area contributed by atoms with Gasteiger partial charge in [-0.05, 0) is 43.1 Å². The fourth-order valence-electron chi connectivity index (χ4n) is 4.17. The number of carbonyl (C=O) groups excluding carboxylic acids is 1. The number of pyridine rings is 1. The molecule has 0 aliphatic carbocycles. The summed E-state index contributed by atoms with van der Waals surface area (Å²) < 4.78 is 38.2. The molecule has 2 aromatic rings. The molecule has 0 amide bonds. The van der Waals surface area contributed by atoms with Gasteiger partial charge >= 0.3 is 5.97 Å². The molecule has 9 nitrogen and oxygen atoms in total. The molecule has 0 saturated carbocycles. The number of hydrogen-bond donors (Lipinski definition) is 1. The number of benzene rings is 1. The van der Waals surface area contributed by atoms with Gasteiger partial charge in [-0.3, -0.25) is 4.90 Å². The maximum atomic E-state index is 13.4. The molecule has 0 bridgehead atoms. The zero-order chi connectivity index (χ0) is 23.3. The van der Waals surface area contributed by atoms with E-state index in [1.807, 2.05) is 18.2 Å². The minimum Gasteiger partial charge on any atom is -0.465 e. The molecule has 1 N–H and O–H groups in total. The van der Waals surface area contributed by atoms with E-state index in [2.05, 4.69) is 21.3 Å². The Morgan fingerprint density at radius 1 is 1.12 bits per heavy atom. The molecule has 2 fully saturated rings. The van der Waals surface area contributed by atoms with E-state index in [0.717, 1.165) is 25.2 Å². The Balaban J connectivity index is 1.60. The second-order valence-corrected chi connectivity index (χ2v) is 10.1. The summed E-state index contributed by atoms with van der Waals surface area (Å²) in [7, 11) is -2.63. The van der Waals surface area contributed by atoms with Crippen molar-refractivity contribution >= 4 is 21.8 Å². The summed E-state index contributed by atoms with van der Waals surface area (Å²) >= 11 is 0. The number of methoxy groups -OCH3 is 1. The summed E-state index contributed by atoms with van der Waals surface area (Å²) in [5.74, 6) is -0.423. The highest BCUT2D eigenvalue weighted by Crippen LogP contribution is 2.26. The van der Waals surface area contributed by atoms with Gasteiger partial charge in [0.05, 0.1) is 25.9 Å². The highest BCUT2D eigenvalue weighted by atomic mass is 32.2. The second kappa shape index (κ2) is 10.6. The third kappa shape index (κ3) is 5.52. The number of ether oxygens (including phenoxy) is 2. The van der Waals surface area contributed by atoms with Crippen molar-refractivity contribution in [3.63, 3.8) is 0 Å². The van der Waals surface area contributed by atoms with Crippen LogP contribution in [0.2, 0.25) is 0 Å². The lowest BCUT2D eigenvalue weighted by Gasteiger charge is -2.27. The summed E-state index contributed by atoms with van der Waals surface area (Å²) in [6.45, 7) is 4.64. The number of rotatable bonds is 8. The number of esters is 1. The zero-order valence-corrected chi connectivity index (χ0v) is 19.6. The third-order valence-corrected chi connectivity index (χ3v) is 7.93. The van der Waals surface area contributed by atoms with Crippen molar-refractivity contribution in [1.29, 1.82) is 0 Å². The Morgan fingerprint density at radius 3 is 2.52 bits per heavy atom. The van der Waals surface area contributed by atoms with Gasteiger partial charge in [0, 0.05) is 32.4 Å². The lowest BCUT2D eigenvalue weighted by atomic mass is 10.1. The normalized spacial score (nSPS) is 17.7. The van der Waals surface area contributed by atoms with Crippen LogP contribution in [0.4, 0.5) is 5.82 Å². The smallest absolute Gasteiger partial charge is 0.339 e. The molecule has 1 aromatic carbocycles. The van der Waals surface area contributed by atoms with Crippen LogP contribution >= 0.6 is 0 Å². The number of nitrogens with zero attached hydrogens (tertiary/aromatic N) is 3. The van der Waals surface area contributed by atoms with E-state index in [1.165, 1.54) is 42.1 Å². The standard InChI is InChI=1S/C23H30N4O5S/c1-31-23(28)20-14-21(33(29,30)27-10-12-32-13-11-27)22(25-16-20)24-15-18-6-2-3-7-19(18)17-26-8-4-5-9-26/h2-3,6-7,14,16H,4-5,8-13,15,17H2,1H3,(H,24,25). The maximum Gasteiger partial charge on any atom is 0.339 e. The van der Waals surface area contributed by atoms with E-state index in [4.69, 9.17) is 9.47 Å². The monoisotopic (exact) mass is 474 g/mol. The minimum absolute atomic E-state index is 0.0377. The van der Waals surface area contributed by atoms with Crippen LogP contribution in [0.15, 0.2) is 41.4 Å². The molecule has 0 spiro atoms. The first kappa shape index (κ1) is 23.6. The number of anilines is 1. The molecule has 4 rings (SSSR count). The molecular weight excluding hydrogens is 444 g/mol. The van der Waals surface area contributed by atoms with Crippen LogP contribution in [0.25, 0.3) is 0 Å². The van der Waals surface area contributed by atoms with Crippen molar-refractivity contribution in [2.24, 2.45) is 0 Å². The van der Waals surface area contributed by atoms with Crippen LogP contribution in [0.1, 0.15) is 34.3 Å². The van der Waals surface area contributed by atoms with Gasteiger partial charge < -0.3 is 14.8 Å². The topological polar surface area (TPSA) is 101 Å². The van der Waals surface area contributed by atoms with E-state index in [1.54, 1.807) is 0 Å². The Bertz CT molecular complexity index is 1080. The first-order chi connectivity index (χ1) is 16.0. The van der Waals surface area contributed by atoms with Gasteiger partial charge in [-0.25, -0.2) is 18.2 Å². The largest absolute Gasteiger partial charge is 0.465 e. The van der Waals surface area contributed by atoms with Crippen LogP contribution in [-0.4, -0.2) is 75.1 Å². The molecule has 2 aliphatic rings. The van der Waals surface area contributed by atoms with Gasteiger partial charge in [-0.2, -0.15) is 4.31 Å². The zero-order valence-electron chi connectivity index (χ0n) is 18.8. The number of aromatic nitrogens is 1. The summed E-state index contributed by atoms with van der Waals surface area (Å²) in [6.07, 6.45) is 3.78. The first-order valence-corrected chi connectivity index (χ1v) is 12.6. The molecular formula is C23H30N4O5S. The second-order valence-electron chi connectivity index (χ2n) is 8.18. The number of nitrogens with one attached hydrogen (secondary N) is 1. The highest BCUT2D eigenvalue weighted by molar-refractivity contribution is 7.89. The number of hydrogen-bond acceptors (Lipinski definition) is 8. The Kier molecular flexibility index (Phi) is 7.59. The van der Waals surface area contributed by atoms with Crippen molar-refractivity contribution < 1.29 is 22.7 Å². The Labute approximate surface area is 194 Å². The van der Waals surface area contributed by atoms with Crippen molar-refractivity contribution in [3.05, 3.63) is 53.2 Å². The van der Waals surface area contributed by atoms with Crippen LogP contribution in [0, 0.1) is 0 Å². The molecule has 2 saturated heterocycles. The van der Waals surface area contributed by atoms with Gasteiger partial charge in [-0.1, -0.05) is 24.3 Å². The Hall–Kier alpha value is -2.53. The average Bonchev–Trinajstić information content (AvgIpc) is 3.36. The van der Waals surface area contributed by atoms with Gasteiger partial charge in [0.2, 0.25) is 10.0 Å². The molecule has 10 heteroatoms. The minimum atomic E-state index is -3.88. The van der Waals surface area contributed by atoms with E-state index < -0.39 is 16.0 Å². The lowest BCUT2D eigenvalue weighted by molar-refractivity contribution is 0.0600. The SMILES string of the molecule is COC(=O)c1cnc(NCc2ccccc2CN2CCCC2)c(S(=O)(=O)N2CCOCC2)c1. The van der Waals surface area contributed by atoms with Gasteiger partial charge in [0.1, 0.15) is 10.7 Å². The van der Waals surface area contributed by atoms with Crippen molar-refractivity contribution in [1.82, 2.24) is 14.2 Å². The van der Waals surface area contributed by atoms with Crippen LogP contribution in [0.5, 0.6) is 0 Å². The number of sulfonamides is 1. The molecule has 0 unspecified atom stereocenters. The molecule has 2 aliphatic heterocycles. The van der Waals surface area contributed by atoms with E-state index in [9.17, 15) is 13.2 Å². The van der Waals surface area contributed by atoms with Crippen molar-refractivity contribution in [3.8, 4) is 0 Å². The Morgan fingerprint density at radius 2 is 1.82 bits per heavy atom. The summed E-state index contributed by atoms with van der Waals surface area (Å²) in [4.78, 5) is 18.7. The molecule has 3 heterocycles. The molecule has 178 valence electrons. The van der Waals surface area contributed by atoms with E-state index in [-0.39, 0.29) is 29.4 Å². The number of morpholine rings is 1. The van der Waals surface area contributed by atoms with E-state index in [0.29, 0.717) is 19.8 Å². The van der Waals surface area contributed by atoms with Crippen LogP contribution < -0.4 is 5.32 Å². The third-order valence-electron chi connectivity index (χ3n) is 6.02. The molecule has 33 heavy (non-hydrogen) atoms. The predicted octanol–water partition coefficient (Wildman–Crippen LogP) is 2.10. The summed E-state index contributed by atoms with van der Waals surface area (Å²) in [5.41, 5.74) is 2.37. The van der Waals surface area contributed by atoms with E-state index >= 15 is 0 Å².